The van der Waals surface area contributed by atoms with Gasteiger partial charge in [-0.25, -0.2) is 4.79 Å². The molecule has 0 spiro atoms. The van der Waals surface area contributed by atoms with Gasteiger partial charge in [-0.15, -0.1) is 0 Å². The summed E-state index contributed by atoms with van der Waals surface area (Å²) in [6.45, 7) is 5.62. The van der Waals surface area contributed by atoms with Crippen molar-refractivity contribution in [3.8, 4) is 5.75 Å². The van der Waals surface area contributed by atoms with Gasteiger partial charge in [-0.2, -0.15) is 0 Å². The molecule has 112 valence electrons. The van der Waals surface area contributed by atoms with Gasteiger partial charge in [0.1, 0.15) is 11.4 Å². The van der Waals surface area contributed by atoms with Crippen LogP contribution in [0.15, 0.2) is 30.3 Å². The zero-order valence-corrected chi connectivity index (χ0v) is 12.3. The number of hydrogen-bond acceptors (Lipinski definition) is 4. The zero-order valence-electron chi connectivity index (χ0n) is 12.3. The number of amides is 1. The summed E-state index contributed by atoms with van der Waals surface area (Å²) in [5, 5.41) is 11.9. The predicted octanol–water partition coefficient (Wildman–Crippen LogP) is 2.34. The van der Waals surface area contributed by atoms with Crippen molar-refractivity contribution in [3.63, 3.8) is 0 Å². The second kappa shape index (κ2) is 7.75. The fourth-order valence-electron chi connectivity index (χ4n) is 1.52. The summed E-state index contributed by atoms with van der Waals surface area (Å²) in [6.07, 6.45) is -0.0266. The van der Waals surface area contributed by atoms with Crippen molar-refractivity contribution >= 4 is 6.09 Å². The van der Waals surface area contributed by atoms with E-state index in [0.29, 0.717) is 13.0 Å². The van der Waals surface area contributed by atoms with Gasteiger partial charge in [-0.3, -0.25) is 0 Å². The quantitative estimate of drug-likeness (QED) is 0.840. The molecule has 1 rings (SSSR count). The minimum Gasteiger partial charge on any atom is -0.494 e. The molecule has 0 aliphatic heterocycles. The molecule has 1 amide bonds. The normalized spacial score (nSPS) is 12.6. The lowest BCUT2D eigenvalue weighted by Gasteiger charge is -2.22. The number of benzene rings is 1. The van der Waals surface area contributed by atoms with Crippen molar-refractivity contribution < 1.29 is 19.4 Å². The molecule has 0 unspecified atom stereocenters. The zero-order chi connectivity index (χ0) is 15.0. The molecule has 1 aromatic carbocycles. The van der Waals surface area contributed by atoms with Gasteiger partial charge in [0.05, 0.1) is 19.3 Å². The van der Waals surface area contributed by atoms with Crippen LogP contribution in [-0.4, -0.2) is 36.1 Å². The smallest absolute Gasteiger partial charge is 0.407 e. The Balaban J connectivity index is 2.31. The molecule has 0 radical (unpaired) electrons. The number of aliphatic hydroxyl groups is 1. The molecule has 0 aromatic heterocycles. The number of carbonyl (C=O) groups excluding carboxylic acids is 1. The van der Waals surface area contributed by atoms with Crippen LogP contribution < -0.4 is 10.1 Å². The highest BCUT2D eigenvalue weighted by Gasteiger charge is 2.19. The van der Waals surface area contributed by atoms with Gasteiger partial charge in [0.2, 0.25) is 0 Å². The standard InChI is InChI=1S/C15H23NO4/c1-15(2,3)20-14(18)16-12(11-17)9-10-19-13-7-5-4-6-8-13/h4-8,12,17H,9-11H2,1-3H3,(H,16,18)/t12-/m0/s1. The molecule has 1 aromatic rings. The van der Waals surface area contributed by atoms with E-state index >= 15 is 0 Å². The van der Waals surface area contributed by atoms with Crippen LogP contribution in [0.1, 0.15) is 27.2 Å². The summed E-state index contributed by atoms with van der Waals surface area (Å²) in [4.78, 5) is 11.6. The van der Waals surface area contributed by atoms with E-state index in [1.807, 2.05) is 30.3 Å². The summed E-state index contributed by atoms with van der Waals surface area (Å²) in [5.41, 5.74) is -0.551. The molecule has 0 heterocycles. The molecule has 2 N–H and O–H groups in total. The summed E-state index contributed by atoms with van der Waals surface area (Å²) in [7, 11) is 0. The van der Waals surface area contributed by atoms with Crippen molar-refractivity contribution in [3.05, 3.63) is 30.3 Å². The lowest BCUT2D eigenvalue weighted by molar-refractivity contribution is 0.0473. The highest BCUT2D eigenvalue weighted by atomic mass is 16.6. The molecule has 5 heteroatoms. The van der Waals surface area contributed by atoms with E-state index in [9.17, 15) is 9.90 Å². The van der Waals surface area contributed by atoms with E-state index < -0.39 is 11.7 Å². The van der Waals surface area contributed by atoms with E-state index in [0.717, 1.165) is 5.75 Å². The highest BCUT2D eigenvalue weighted by molar-refractivity contribution is 5.68. The van der Waals surface area contributed by atoms with Crippen molar-refractivity contribution in [2.75, 3.05) is 13.2 Å². The first-order valence-corrected chi connectivity index (χ1v) is 6.69. The van der Waals surface area contributed by atoms with Crippen molar-refractivity contribution in [1.82, 2.24) is 5.32 Å². The molecular weight excluding hydrogens is 258 g/mol. The van der Waals surface area contributed by atoms with Gasteiger partial charge in [0.15, 0.2) is 0 Å². The molecule has 0 saturated heterocycles. The van der Waals surface area contributed by atoms with Crippen LogP contribution in [0.4, 0.5) is 4.79 Å². The molecule has 0 saturated carbocycles. The largest absolute Gasteiger partial charge is 0.494 e. The van der Waals surface area contributed by atoms with E-state index in [1.54, 1.807) is 20.8 Å². The summed E-state index contributed by atoms with van der Waals surface area (Å²) in [6, 6.07) is 9.02. The van der Waals surface area contributed by atoms with Gasteiger partial charge in [0, 0.05) is 6.42 Å². The third-order valence-electron chi connectivity index (χ3n) is 2.42. The average Bonchev–Trinajstić information content (AvgIpc) is 2.36. The van der Waals surface area contributed by atoms with Crippen molar-refractivity contribution in [2.24, 2.45) is 0 Å². The minimum atomic E-state index is -0.551. The maximum absolute atomic E-state index is 11.6. The van der Waals surface area contributed by atoms with E-state index in [2.05, 4.69) is 5.32 Å². The molecule has 1 atom stereocenters. The number of nitrogens with one attached hydrogen (secondary N) is 1. The lowest BCUT2D eigenvalue weighted by Crippen LogP contribution is -2.41. The molecule has 0 aliphatic rings. The van der Waals surface area contributed by atoms with Crippen LogP contribution in [0.25, 0.3) is 0 Å². The van der Waals surface area contributed by atoms with Gasteiger partial charge in [-0.1, -0.05) is 18.2 Å². The Morgan fingerprint density at radius 3 is 2.50 bits per heavy atom. The fourth-order valence-corrected chi connectivity index (χ4v) is 1.52. The Bertz CT molecular complexity index is 400. The first kappa shape index (κ1) is 16.3. The Kier molecular flexibility index (Phi) is 6.31. The monoisotopic (exact) mass is 281 g/mol. The van der Waals surface area contributed by atoms with Gasteiger partial charge in [0.25, 0.3) is 0 Å². The van der Waals surface area contributed by atoms with E-state index in [-0.39, 0.29) is 12.6 Å². The van der Waals surface area contributed by atoms with Gasteiger partial charge < -0.3 is 19.9 Å². The van der Waals surface area contributed by atoms with Crippen LogP contribution in [0, 0.1) is 0 Å². The predicted molar refractivity (Wildman–Crippen MR) is 76.8 cm³/mol. The summed E-state index contributed by atoms with van der Waals surface area (Å²) >= 11 is 0. The molecule has 20 heavy (non-hydrogen) atoms. The van der Waals surface area contributed by atoms with Crippen LogP contribution in [0.5, 0.6) is 5.75 Å². The van der Waals surface area contributed by atoms with E-state index in [1.165, 1.54) is 0 Å². The number of carbonyl (C=O) groups is 1. The first-order chi connectivity index (χ1) is 9.40. The van der Waals surface area contributed by atoms with Crippen LogP contribution in [-0.2, 0) is 4.74 Å². The molecule has 0 bridgehead atoms. The SMILES string of the molecule is CC(C)(C)OC(=O)N[C@H](CO)CCOc1ccccc1. The van der Waals surface area contributed by atoms with Gasteiger partial charge in [-0.05, 0) is 32.9 Å². The highest BCUT2D eigenvalue weighted by Crippen LogP contribution is 2.10. The van der Waals surface area contributed by atoms with Gasteiger partial charge >= 0.3 is 6.09 Å². The maximum Gasteiger partial charge on any atom is 0.407 e. The summed E-state index contributed by atoms with van der Waals surface area (Å²) < 4.78 is 10.7. The molecule has 5 nitrogen and oxygen atoms in total. The molecular formula is C15H23NO4. The molecule has 0 aliphatic carbocycles. The topological polar surface area (TPSA) is 67.8 Å². The van der Waals surface area contributed by atoms with E-state index in [4.69, 9.17) is 9.47 Å². The number of rotatable bonds is 6. The van der Waals surface area contributed by atoms with Crippen LogP contribution in [0.2, 0.25) is 0 Å². The average molecular weight is 281 g/mol. The number of alkyl carbamates (subject to hydrolysis) is 1. The Labute approximate surface area is 119 Å². The molecule has 0 fully saturated rings. The minimum absolute atomic E-state index is 0.155. The number of aliphatic hydroxyl groups excluding tert-OH is 1. The summed E-state index contributed by atoms with van der Waals surface area (Å²) in [5.74, 6) is 0.765. The van der Waals surface area contributed by atoms with Crippen LogP contribution in [0.3, 0.4) is 0 Å². The number of ether oxygens (including phenoxy) is 2. The van der Waals surface area contributed by atoms with Crippen molar-refractivity contribution in [1.29, 1.82) is 0 Å². The fraction of sp³-hybridized carbons (Fsp3) is 0.533. The second-order valence-electron chi connectivity index (χ2n) is 5.48. The number of hydrogen-bond donors (Lipinski definition) is 2. The first-order valence-electron chi connectivity index (χ1n) is 6.69. The lowest BCUT2D eigenvalue weighted by atomic mass is 10.2. The third kappa shape index (κ3) is 6.99. The van der Waals surface area contributed by atoms with Crippen LogP contribution >= 0.6 is 0 Å². The van der Waals surface area contributed by atoms with Crippen molar-refractivity contribution in [2.45, 2.75) is 38.8 Å². The second-order valence-corrected chi connectivity index (χ2v) is 5.48. The Morgan fingerprint density at radius 1 is 1.30 bits per heavy atom. The third-order valence-corrected chi connectivity index (χ3v) is 2.42. The maximum atomic E-state index is 11.6. The number of para-hydroxylation sites is 1. The Morgan fingerprint density at radius 2 is 1.95 bits per heavy atom. The Hall–Kier alpha value is -1.75.